The molecule has 0 aromatic heterocycles. The Bertz CT molecular complexity index is 1110. The smallest absolute Gasteiger partial charge is 0.257 e. The Morgan fingerprint density at radius 2 is 1.89 bits per heavy atom. The van der Waals surface area contributed by atoms with Crippen molar-refractivity contribution in [3.63, 3.8) is 0 Å². The first-order chi connectivity index (χ1) is 18.4. The van der Waals surface area contributed by atoms with Crippen molar-refractivity contribution in [3.05, 3.63) is 88.6 Å². The molecule has 1 aliphatic heterocycles. The molecule has 1 aliphatic rings. The molecular formula is C31H42N4O2S. The number of hydrogen-bond donors (Lipinski definition) is 1. The molecule has 6 nitrogen and oxygen atoms in total. The van der Waals surface area contributed by atoms with Crippen molar-refractivity contribution < 1.29 is 9.53 Å². The maximum absolute atomic E-state index is 13.8. The number of ether oxygens (including phenoxy) is 1. The first-order valence-corrected chi connectivity index (χ1v) is 14.6. The highest BCUT2D eigenvalue weighted by molar-refractivity contribution is 8.02. The molecule has 2 unspecified atom stereocenters. The van der Waals surface area contributed by atoms with Crippen molar-refractivity contribution in [1.29, 1.82) is 0 Å². The third kappa shape index (κ3) is 7.98. The number of nitrogens with one attached hydrogen (secondary N) is 1. The molecule has 204 valence electrons. The number of allylic oxidation sites excluding steroid dienone is 1. The van der Waals surface area contributed by atoms with E-state index in [9.17, 15) is 4.79 Å². The van der Waals surface area contributed by atoms with Gasteiger partial charge in [0.25, 0.3) is 5.91 Å². The van der Waals surface area contributed by atoms with Crippen molar-refractivity contribution in [2.45, 2.75) is 39.3 Å². The van der Waals surface area contributed by atoms with E-state index in [2.05, 4.69) is 66.9 Å². The van der Waals surface area contributed by atoms with Gasteiger partial charge in [0.15, 0.2) is 0 Å². The van der Waals surface area contributed by atoms with Crippen LogP contribution in [0, 0.1) is 5.92 Å². The molecule has 1 N–H and O–H groups in total. The first kappa shape index (κ1) is 29.5. The Morgan fingerprint density at radius 1 is 1.18 bits per heavy atom. The maximum atomic E-state index is 13.8. The van der Waals surface area contributed by atoms with Crippen molar-refractivity contribution in [2.24, 2.45) is 10.9 Å². The first-order valence-electron chi connectivity index (χ1n) is 13.3. The van der Waals surface area contributed by atoms with Gasteiger partial charge in [-0.1, -0.05) is 62.9 Å². The van der Waals surface area contributed by atoms with Crippen molar-refractivity contribution >= 4 is 23.9 Å². The highest BCUT2D eigenvalue weighted by Crippen LogP contribution is 2.28. The standard InChI is InChI=1S/C31H42N4O2S/c1-7-23(2)30-28(21-33-24(3)38-6)31(36)35(20-19-34(30)5)22-25-13-15-27(16-14-25)37-29(17-18-32-4)26-11-9-8-10-12-26/h8-16,21,23,29,32H,3,7,17-20,22H2,1-2,4-6H3. The molecule has 2 atom stereocenters. The molecule has 0 radical (unpaired) electrons. The van der Waals surface area contributed by atoms with Gasteiger partial charge in [-0.2, -0.15) is 0 Å². The number of carbonyl (C=O) groups is 1. The van der Waals surface area contributed by atoms with Gasteiger partial charge in [0.2, 0.25) is 0 Å². The molecule has 0 spiro atoms. The summed E-state index contributed by atoms with van der Waals surface area (Å²) in [6.45, 7) is 11.1. The fraction of sp³-hybridized carbons (Fsp3) is 0.419. The van der Waals surface area contributed by atoms with E-state index in [4.69, 9.17) is 4.74 Å². The number of aliphatic imine (C=N–C) groups is 1. The van der Waals surface area contributed by atoms with E-state index in [1.807, 2.05) is 48.5 Å². The highest BCUT2D eigenvalue weighted by Gasteiger charge is 2.29. The SMILES string of the molecule is C=C(N=CC1=C(C(C)CC)N(C)CCN(Cc2ccc(OC(CCNC)c3ccccc3)cc2)C1=O)SC. The molecule has 7 heteroatoms. The predicted molar refractivity (Wildman–Crippen MR) is 160 cm³/mol. The lowest BCUT2D eigenvalue weighted by Crippen LogP contribution is -2.34. The second-order valence-corrected chi connectivity index (χ2v) is 10.5. The average molecular weight is 535 g/mol. The molecule has 0 saturated heterocycles. The van der Waals surface area contributed by atoms with Crippen LogP contribution in [-0.2, 0) is 11.3 Å². The van der Waals surface area contributed by atoms with E-state index in [0.717, 1.165) is 48.5 Å². The summed E-state index contributed by atoms with van der Waals surface area (Å²) in [6.07, 6.45) is 5.44. The van der Waals surface area contributed by atoms with Crippen LogP contribution in [0.2, 0.25) is 0 Å². The molecular weight excluding hydrogens is 492 g/mol. The fourth-order valence-corrected chi connectivity index (χ4v) is 4.73. The average Bonchev–Trinajstić information content (AvgIpc) is 3.06. The maximum Gasteiger partial charge on any atom is 0.257 e. The van der Waals surface area contributed by atoms with Crippen LogP contribution >= 0.6 is 11.8 Å². The minimum Gasteiger partial charge on any atom is -0.486 e. The molecule has 2 aromatic rings. The van der Waals surface area contributed by atoms with Gasteiger partial charge in [-0.05, 0) is 55.4 Å². The number of thioether (sulfide) groups is 1. The summed E-state index contributed by atoms with van der Waals surface area (Å²) in [5.74, 6) is 1.09. The van der Waals surface area contributed by atoms with Crippen LogP contribution in [0.1, 0.15) is 43.9 Å². The molecule has 1 amide bonds. The Balaban J connectivity index is 1.79. The summed E-state index contributed by atoms with van der Waals surface area (Å²) in [7, 11) is 4.02. The monoisotopic (exact) mass is 534 g/mol. The Labute approximate surface area is 232 Å². The molecule has 0 bridgehead atoms. The molecule has 1 heterocycles. The van der Waals surface area contributed by atoms with Gasteiger partial charge in [-0.15, -0.1) is 11.8 Å². The van der Waals surface area contributed by atoms with Crippen molar-refractivity contribution in [3.8, 4) is 5.75 Å². The normalized spacial score (nSPS) is 16.1. The van der Waals surface area contributed by atoms with Gasteiger partial charge < -0.3 is 19.9 Å². The van der Waals surface area contributed by atoms with Gasteiger partial charge in [0, 0.05) is 45.0 Å². The van der Waals surface area contributed by atoms with Gasteiger partial charge in [-0.3, -0.25) is 4.79 Å². The number of benzene rings is 2. The molecule has 0 aliphatic carbocycles. The van der Waals surface area contributed by atoms with Crippen molar-refractivity contribution in [2.75, 3.05) is 40.0 Å². The van der Waals surface area contributed by atoms with Crippen LogP contribution in [0.5, 0.6) is 5.75 Å². The highest BCUT2D eigenvalue weighted by atomic mass is 32.2. The molecule has 0 fully saturated rings. The van der Waals surface area contributed by atoms with Crippen LogP contribution < -0.4 is 10.1 Å². The summed E-state index contributed by atoms with van der Waals surface area (Å²) in [4.78, 5) is 22.4. The number of likely N-dealkylation sites (N-methyl/N-ethyl adjacent to an activating group) is 1. The number of rotatable bonds is 13. The molecule has 3 rings (SSSR count). The predicted octanol–water partition coefficient (Wildman–Crippen LogP) is 5.90. The number of nitrogens with zero attached hydrogens (tertiary/aromatic N) is 3. The second kappa shape index (κ2) is 14.8. The second-order valence-electron chi connectivity index (χ2n) is 9.67. The lowest BCUT2D eigenvalue weighted by atomic mass is 9.98. The van der Waals surface area contributed by atoms with E-state index in [0.29, 0.717) is 23.7 Å². The van der Waals surface area contributed by atoms with E-state index in [1.54, 1.807) is 6.21 Å². The molecule has 0 saturated carbocycles. The molecule has 38 heavy (non-hydrogen) atoms. The Kier molecular flexibility index (Phi) is 11.5. The summed E-state index contributed by atoms with van der Waals surface area (Å²) in [5.41, 5.74) is 3.93. The van der Waals surface area contributed by atoms with E-state index >= 15 is 0 Å². The van der Waals surface area contributed by atoms with Crippen LogP contribution in [0.4, 0.5) is 0 Å². The zero-order valence-corrected chi connectivity index (χ0v) is 24.3. The topological polar surface area (TPSA) is 57.2 Å². The lowest BCUT2D eigenvalue weighted by molar-refractivity contribution is -0.126. The van der Waals surface area contributed by atoms with Crippen LogP contribution in [0.25, 0.3) is 0 Å². The zero-order chi connectivity index (χ0) is 27.5. The zero-order valence-electron chi connectivity index (χ0n) is 23.4. The van der Waals surface area contributed by atoms with Gasteiger partial charge >= 0.3 is 0 Å². The quantitative estimate of drug-likeness (QED) is 0.325. The number of carbonyl (C=O) groups excluding carboxylic acids is 1. The Hall–Kier alpha value is -3.03. The number of hydrogen-bond acceptors (Lipinski definition) is 6. The van der Waals surface area contributed by atoms with Crippen molar-refractivity contribution in [1.82, 2.24) is 15.1 Å². The largest absolute Gasteiger partial charge is 0.486 e. The summed E-state index contributed by atoms with van der Waals surface area (Å²) >= 11 is 1.48. The summed E-state index contributed by atoms with van der Waals surface area (Å²) < 4.78 is 6.38. The van der Waals surface area contributed by atoms with E-state index < -0.39 is 0 Å². The molecule has 2 aromatic carbocycles. The van der Waals surface area contributed by atoms with Gasteiger partial charge in [0.1, 0.15) is 11.9 Å². The van der Waals surface area contributed by atoms with Gasteiger partial charge in [-0.25, -0.2) is 4.99 Å². The van der Waals surface area contributed by atoms with E-state index in [-0.39, 0.29) is 17.9 Å². The minimum absolute atomic E-state index is 0.0128. The summed E-state index contributed by atoms with van der Waals surface area (Å²) in [6, 6.07) is 18.4. The van der Waals surface area contributed by atoms with Crippen LogP contribution in [0.3, 0.4) is 0 Å². The fourth-order valence-electron chi connectivity index (χ4n) is 4.57. The third-order valence-corrected chi connectivity index (χ3v) is 7.54. The van der Waals surface area contributed by atoms with Gasteiger partial charge in [0.05, 0.1) is 10.6 Å². The Morgan fingerprint density at radius 3 is 2.53 bits per heavy atom. The summed E-state index contributed by atoms with van der Waals surface area (Å²) in [5, 5.41) is 3.90. The van der Waals surface area contributed by atoms with E-state index in [1.165, 1.54) is 11.8 Å². The third-order valence-electron chi connectivity index (χ3n) is 6.97. The minimum atomic E-state index is -0.0285. The van der Waals surface area contributed by atoms with Crippen LogP contribution in [-0.4, -0.2) is 61.9 Å². The van der Waals surface area contributed by atoms with Crippen LogP contribution in [0.15, 0.2) is 82.5 Å². The number of amides is 1. The lowest BCUT2D eigenvalue weighted by Gasteiger charge is -2.26.